The summed E-state index contributed by atoms with van der Waals surface area (Å²) >= 11 is 0. The van der Waals surface area contributed by atoms with E-state index >= 15 is 0 Å². The lowest BCUT2D eigenvalue weighted by Crippen LogP contribution is -2.36. The van der Waals surface area contributed by atoms with Crippen LogP contribution in [0.4, 0.5) is 0 Å². The first kappa shape index (κ1) is 16.0. The summed E-state index contributed by atoms with van der Waals surface area (Å²) in [6.45, 7) is 4.29. The van der Waals surface area contributed by atoms with E-state index in [2.05, 4.69) is 10.6 Å². The number of nitrogens with one attached hydrogen (secondary N) is 2. The van der Waals surface area contributed by atoms with Crippen molar-refractivity contribution in [2.45, 2.75) is 39.3 Å². The molecule has 2 N–H and O–H groups in total. The molecular weight excluding hydrogens is 256 g/mol. The average Bonchev–Trinajstić information content (AvgIpc) is 2.45. The average molecular weight is 278 g/mol. The summed E-state index contributed by atoms with van der Waals surface area (Å²) in [5, 5.41) is 5.48. The van der Waals surface area contributed by atoms with E-state index in [0.717, 1.165) is 17.7 Å². The number of benzene rings is 1. The smallest absolute Gasteiger partial charge is 0.229 e. The van der Waals surface area contributed by atoms with Crippen LogP contribution in [0.25, 0.3) is 0 Å². The first-order chi connectivity index (χ1) is 9.55. The summed E-state index contributed by atoms with van der Waals surface area (Å²) in [6, 6.07) is 7.50. The van der Waals surface area contributed by atoms with Gasteiger partial charge in [0.25, 0.3) is 0 Å². The van der Waals surface area contributed by atoms with Crippen molar-refractivity contribution in [2.24, 2.45) is 0 Å². The van der Waals surface area contributed by atoms with Crippen LogP contribution in [-0.2, 0) is 16.1 Å². The van der Waals surface area contributed by atoms with E-state index in [-0.39, 0.29) is 24.3 Å². The minimum atomic E-state index is -0.276. The Morgan fingerprint density at radius 3 is 2.40 bits per heavy atom. The van der Waals surface area contributed by atoms with E-state index in [1.807, 2.05) is 38.1 Å². The van der Waals surface area contributed by atoms with Crippen LogP contribution in [0.1, 0.15) is 32.3 Å². The van der Waals surface area contributed by atoms with Crippen molar-refractivity contribution in [3.8, 4) is 5.75 Å². The monoisotopic (exact) mass is 278 g/mol. The first-order valence-corrected chi connectivity index (χ1v) is 6.74. The highest BCUT2D eigenvalue weighted by molar-refractivity contribution is 5.96. The molecule has 5 nitrogen and oxygen atoms in total. The summed E-state index contributed by atoms with van der Waals surface area (Å²) < 4.78 is 5.05. The number of carbonyl (C=O) groups excluding carboxylic acids is 2. The van der Waals surface area contributed by atoms with Crippen molar-refractivity contribution in [1.82, 2.24) is 10.6 Å². The topological polar surface area (TPSA) is 67.4 Å². The molecule has 0 fully saturated rings. The SMILES string of the molecule is CCC(C)NC(=O)CC(=O)NCc1ccc(OC)cc1. The van der Waals surface area contributed by atoms with E-state index in [4.69, 9.17) is 4.74 Å². The molecule has 0 spiro atoms. The van der Waals surface area contributed by atoms with Crippen molar-refractivity contribution in [3.05, 3.63) is 29.8 Å². The fourth-order valence-electron chi connectivity index (χ4n) is 1.58. The second kappa shape index (κ2) is 8.19. The van der Waals surface area contributed by atoms with Gasteiger partial charge in [0, 0.05) is 12.6 Å². The fraction of sp³-hybridized carbons (Fsp3) is 0.467. The molecular formula is C15H22N2O3. The quantitative estimate of drug-likeness (QED) is 0.745. The van der Waals surface area contributed by atoms with Crippen molar-refractivity contribution in [1.29, 1.82) is 0 Å². The van der Waals surface area contributed by atoms with Gasteiger partial charge in [-0.15, -0.1) is 0 Å². The second-order valence-electron chi connectivity index (χ2n) is 4.68. The Balaban J connectivity index is 2.33. The van der Waals surface area contributed by atoms with Crippen LogP contribution in [-0.4, -0.2) is 25.0 Å². The molecule has 0 saturated heterocycles. The van der Waals surface area contributed by atoms with Crippen LogP contribution in [0.5, 0.6) is 5.75 Å². The predicted octanol–water partition coefficient (Wildman–Crippen LogP) is 1.62. The molecule has 0 aliphatic rings. The van der Waals surface area contributed by atoms with Crippen molar-refractivity contribution >= 4 is 11.8 Å². The molecule has 0 bridgehead atoms. The lowest BCUT2D eigenvalue weighted by Gasteiger charge is -2.11. The minimum absolute atomic E-state index is 0.0943. The van der Waals surface area contributed by atoms with Gasteiger partial charge in [-0.3, -0.25) is 9.59 Å². The number of hydrogen-bond donors (Lipinski definition) is 2. The molecule has 0 saturated carbocycles. The molecule has 5 heteroatoms. The van der Waals surface area contributed by atoms with E-state index in [0.29, 0.717) is 6.54 Å². The molecule has 1 atom stereocenters. The number of amides is 2. The fourth-order valence-corrected chi connectivity index (χ4v) is 1.58. The van der Waals surface area contributed by atoms with Crippen molar-refractivity contribution in [3.63, 3.8) is 0 Å². The number of hydrogen-bond acceptors (Lipinski definition) is 3. The van der Waals surface area contributed by atoms with E-state index in [9.17, 15) is 9.59 Å². The molecule has 0 aromatic heterocycles. The van der Waals surface area contributed by atoms with Crippen LogP contribution in [0.15, 0.2) is 24.3 Å². The largest absolute Gasteiger partial charge is 0.497 e. The number of methoxy groups -OCH3 is 1. The van der Waals surface area contributed by atoms with Crippen LogP contribution in [0.3, 0.4) is 0 Å². The van der Waals surface area contributed by atoms with Crippen LogP contribution < -0.4 is 15.4 Å². The van der Waals surface area contributed by atoms with Crippen LogP contribution in [0, 0.1) is 0 Å². The lowest BCUT2D eigenvalue weighted by atomic mass is 10.2. The van der Waals surface area contributed by atoms with Gasteiger partial charge in [0.05, 0.1) is 7.11 Å². The number of ether oxygens (including phenoxy) is 1. The Kier molecular flexibility index (Phi) is 6.56. The molecule has 1 rings (SSSR count). The molecule has 0 heterocycles. The molecule has 0 radical (unpaired) electrons. The Labute approximate surface area is 119 Å². The van der Waals surface area contributed by atoms with Crippen molar-refractivity contribution < 1.29 is 14.3 Å². The third-order valence-corrected chi connectivity index (χ3v) is 2.99. The zero-order chi connectivity index (χ0) is 15.0. The van der Waals surface area contributed by atoms with E-state index in [1.54, 1.807) is 7.11 Å². The molecule has 1 aromatic carbocycles. The van der Waals surface area contributed by atoms with Crippen molar-refractivity contribution in [2.75, 3.05) is 7.11 Å². The molecule has 1 aromatic rings. The zero-order valence-electron chi connectivity index (χ0n) is 12.2. The lowest BCUT2D eigenvalue weighted by molar-refractivity contribution is -0.129. The van der Waals surface area contributed by atoms with Gasteiger partial charge in [0.1, 0.15) is 12.2 Å². The normalized spacial score (nSPS) is 11.6. The minimum Gasteiger partial charge on any atom is -0.497 e. The molecule has 0 aliphatic carbocycles. The van der Waals surface area contributed by atoms with Gasteiger partial charge in [0.15, 0.2) is 0 Å². The molecule has 20 heavy (non-hydrogen) atoms. The van der Waals surface area contributed by atoms with Gasteiger partial charge in [0.2, 0.25) is 11.8 Å². The van der Waals surface area contributed by atoms with Crippen LogP contribution in [0.2, 0.25) is 0 Å². The van der Waals surface area contributed by atoms with Crippen LogP contribution >= 0.6 is 0 Å². The van der Waals surface area contributed by atoms with Gasteiger partial charge < -0.3 is 15.4 Å². The Morgan fingerprint density at radius 1 is 1.20 bits per heavy atom. The standard InChI is InChI=1S/C15H22N2O3/c1-4-11(2)17-15(19)9-14(18)16-10-12-5-7-13(20-3)8-6-12/h5-8,11H,4,9-10H2,1-3H3,(H,16,18)(H,17,19). The highest BCUT2D eigenvalue weighted by Crippen LogP contribution is 2.10. The summed E-state index contributed by atoms with van der Waals surface area (Å²) in [4.78, 5) is 23.2. The summed E-state index contributed by atoms with van der Waals surface area (Å²) in [5.41, 5.74) is 0.960. The Morgan fingerprint density at radius 2 is 1.85 bits per heavy atom. The Hall–Kier alpha value is -2.04. The van der Waals surface area contributed by atoms with E-state index in [1.165, 1.54) is 0 Å². The van der Waals surface area contributed by atoms with Gasteiger partial charge >= 0.3 is 0 Å². The highest BCUT2D eigenvalue weighted by Gasteiger charge is 2.10. The molecule has 2 amide bonds. The van der Waals surface area contributed by atoms with Gasteiger partial charge in [-0.2, -0.15) is 0 Å². The maximum atomic E-state index is 11.6. The maximum absolute atomic E-state index is 11.6. The van der Waals surface area contributed by atoms with E-state index < -0.39 is 0 Å². The zero-order valence-corrected chi connectivity index (χ0v) is 12.2. The third-order valence-electron chi connectivity index (χ3n) is 2.99. The number of rotatable bonds is 7. The van der Waals surface area contributed by atoms with Gasteiger partial charge in [-0.1, -0.05) is 19.1 Å². The summed E-state index contributed by atoms with van der Waals surface area (Å²) in [7, 11) is 1.60. The van der Waals surface area contributed by atoms with Gasteiger partial charge in [-0.25, -0.2) is 0 Å². The molecule has 1 unspecified atom stereocenters. The number of carbonyl (C=O) groups is 2. The second-order valence-corrected chi connectivity index (χ2v) is 4.68. The third kappa shape index (κ3) is 5.73. The summed E-state index contributed by atoms with van der Waals surface area (Å²) in [6.07, 6.45) is 0.708. The van der Waals surface area contributed by atoms with Gasteiger partial charge in [-0.05, 0) is 31.0 Å². The highest BCUT2D eigenvalue weighted by atomic mass is 16.5. The first-order valence-electron chi connectivity index (χ1n) is 6.74. The summed E-state index contributed by atoms with van der Waals surface area (Å²) in [5.74, 6) is 0.251. The molecule has 0 aliphatic heterocycles. The predicted molar refractivity (Wildman–Crippen MR) is 77.4 cm³/mol. The Bertz CT molecular complexity index is 443. The molecule has 110 valence electrons. The maximum Gasteiger partial charge on any atom is 0.229 e.